The first kappa shape index (κ1) is 14.6. The van der Waals surface area contributed by atoms with Gasteiger partial charge in [0.25, 0.3) is 0 Å². The Morgan fingerprint density at radius 3 is 2.76 bits per heavy atom. The normalized spacial score (nSPS) is 11.4. The predicted molar refractivity (Wildman–Crippen MR) is 72.6 cm³/mol. The molecule has 0 radical (unpaired) electrons. The number of nitrogens with one attached hydrogen (secondary N) is 1. The number of methoxy groups -OCH3 is 1. The fourth-order valence-electron chi connectivity index (χ4n) is 1.45. The van der Waals surface area contributed by atoms with Gasteiger partial charge in [-0.15, -0.1) is 11.3 Å². The Hall–Kier alpha value is -0.420. The smallest absolute Gasteiger partial charge is 0.0728 e. The van der Waals surface area contributed by atoms with E-state index in [-0.39, 0.29) is 0 Å². The van der Waals surface area contributed by atoms with E-state index in [4.69, 9.17) is 9.47 Å². The van der Waals surface area contributed by atoms with Gasteiger partial charge in [0.1, 0.15) is 0 Å². The number of thiophene rings is 1. The Morgan fingerprint density at radius 2 is 2.12 bits per heavy atom. The minimum atomic E-state index is 0.527. The molecule has 1 aromatic rings. The summed E-state index contributed by atoms with van der Waals surface area (Å²) in [5.41, 5.74) is 1.30. The molecule has 0 amide bonds. The van der Waals surface area contributed by atoms with Gasteiger partial charge < -0.3 is 14.8 Å². The van der Waals surface area contributed by atoms with Crippen molar-refractivity contribution in [2.45, 2.75) is 40.0 Å². The maximum atomic E-state index is 5.54. The summed E-state index contributed by atoms with van der Waals surface area (Å²) in [6.07, 6.45) is 0. The number of rotatable bonds is 8. The summed E-state index contributed by atoms with van der Waals surface area (Å²) in [5, 5.41) is 3.43. The molecule has 1 N–H and O–H groups in total. The van der Waals surface area contributed by atoms with Gasteiger partial charge in [-0.3, -0.25) is 0 Å². The fraction of sp³-hybridized carbons (Fsp3) is 0.692. The van der Waals surface area contributed by atoms with Crippen LogP contribution in [0.5, 0.6) is 0 Å². The predicted octanol–water partition coefficient (Wildman–Crippen LogP) is 2.72. The van der Waals surface area contributed by atoms with Gasteiger partial charge in [-0.25, -0.2) is 0 Å². The summed E-state index contributed by atoms with van der Waals surface area (Å²) in [5.74, 6) is 0. The molecule has 0 aromatic carbocycles. The van der Waals surface area contributed by atoms with Gasteiger partial charge >= 0.3 is 0 Å². The molecule has 0 unspecified atom stereocenters. The highest BCUT2D eigenvalue weighted by molar-refractivity contribution is 7.12. The molecule has 98 valence electrons. The highest BCUT2D eigenvalue weighted by atomic mass is 32.1. The van der Waals surface area contributed by atoms with E-state index in [0.29, 0.717) is 25.9 Å². The first-order valence-corrected chi connectivity index (χ1v) is 6.83. The third kappa shape index (κ3) is 5.64. The second-order valence-corrected chi connectivity index (χ2v) is 5.72. The fourth-order valence-corrected chi connectivity index (χ4v) is 2.45. The zero-order valence-corrected chi connectivity index (χ0v) is 12.0. The van der Waals surface area contributed by atoms with Crippen LogP contribution in [0.1, 0.15) is 29.2 Å². The molecule has 0 spiro atoms. The third-order valence-corrected chi connectivity index (χ3v) is 3.54. The number of aryl methyl sites for hydroxylation is 1. The lowest BCUT2D eigenvalue weighted by Gasteiger charge is -2.05. The van der Waals surface area contributed by atoms with Crippen molar-refractivity contribution < 1.29 is 9.47 Å². The van der Waals surface area contributed by atoms with E-state index in [1.165, 1.54) is 15.3 Å². The van der Waals surface area contributed by atoms with Gasteiger partial charge in [0.05, 0.1) is 19.8 Å². The van der Waals surface area contributed by atoms with E-state index in [0.717, 1.165) is 6.54 Å². The molecule has 0 aliphatic heterocycles. The van der Waals surface area contributed by atoms with Gasteiger partial charge in [0.15, 0.2) is 0 Å². The summed E-state index contributed by atoms with van der Waals surface area (Å²) < 4.78 is 10.5. The molecule has 1 aromatic heterocycles. The highest BCUT2D eigenvalue weighted by Gasteiger charge is 2.06. The lowest BCUT2D eigenvalue weighted by molar-refractivity contribution is 0.0616. The molecule has 4 heteroatoms. The van der Waals surface area contributed by atoms with Crippen LogP contribution in [0.3, 0.4) is 0 Å². The number of hydrogen-bond donors (Lipinski definition) is 1. The molecule has 0 saturated carbocycles. The van der Waals surface area contributed by atoms with Crippen LogP contribution in [0.4, 0.5) is 0 Å². The van der Waals surface area contributed by atoms with Crippen molar-refractivity contribution in [3.05, 3.63) is 21.4 Å². The van der Waals surface area contributed by atoms with E-state index in [1.54, 1.807) is 7.11 Å². The SMILES string of the molecule is COCCOCc1cc(CNC(C)C)sc1C. The molecule has 1 heterocycles. The van der Waals surface area contributed by atoms with Crippen molar-refractivity contribution in [1.82, 2.24) is 5.32 Å². The first-order chi connectivity index (χ1) is 8.13. The van der Waals surface area contributed by atoms with Gasteiger partial charge in [0, 0.05) is 29.5 Å². The van der Waals surface area contributed by atoms with Crippen LogP contribution in [0.15, 0.2) is 6.07 Å². The van der Waals surface area contributed by atoms with E-state index >= 15 is 0 Å². The van der Waals surface area contributed by atoms with Crippen molar-refractivity contribution in [2.24, 2.45) is 0 Å². The van der Waals surface area contributed by atoms with E-state index in [1.807, 2.05) is 11.3 Å². The van der Waals surface area contributed by atoms with Gasteiger partial charge in [-0.2, -0.15) is 0 Å². The maximum absolute atomic E-state index is 5.54. The largest absolute Gasteiger partial charge is 0.382 e. The molecular formula is C13H23NO2S. The number of hydrogen-bond acceptors (Lipinski definition) is 4. The highest BCUT2D eigenvalue weighted by Crippen LogP contribution is 2.22. The molecule has 0 aliphatic rings. The van der Waals surface area contributed by atoms with Gasteiger partial charge in [-0.1, -0.05) is 13.8 Å². The third-order valence-electron chi connectivity index (χ3n) is 2.45. The second kappa shape index (κ2) is 7.82. The molecule has 0 saturated heterocycles. The summed E-state index contributed by atoms with van der Waals surface area (Å²) in [6.45, 7) is 9.42. The average Bonchev–Trinajstić information content (AvgIpc) is 2.63. The summed E-state index contributed by atoms with van der Waals surface area (Å²) >= 11 is 1.85. The lowest BCUT2D eigenvalue weighted by atomic mass is 10.2. The van der Waals surface area contributed by atoms with E-state index < -0.39 is 0 Å². The topological polar surface area (TPSA) is 30.5 Å². The molecule has 1 rings (SSSR count). The summed E-state index contributed by atoms with van der Waals surface area (Å²) in [4.78, 5) is 2.73. The molecular weight excluding hydrogens is 234 g/mol. The Balaban J connectivity index is 2.39. The van der Waals surface area contributed by atoms with Gasteiger partial charge in [0.2, 0.25) is 0 Å². The van der Waals surface area contributed by atoms with Crippen molar-refractivity contribution in [3.8, 4) is 0 Å². The minimum Gasteiger partial charge on any atom is -0.382 e. The molecule has 0 aliphatic carbocycles. The average molecular weight is 257 g/mol. The molecule has 0 atom stereocenters. The number of ether oxygens (including phenoxy) is 2. The van der Waals surface area contributed by atoms with Crippen molar-refractivity contribution in [2.75, 3.05) is 20.3 Å². The summed E-state index contributed by atoms with van der Waals surface area (Å²) in [7, 11) is 1.69. The van der Waals surface area contributed by atoms with Crippen LogP contribution in [0.2, 0.25) is 0 Å². The van der Waals surface area contributed by atoms with Crippen LogP contribution in [0, 0.1) is 6.92 Å². The van der Waals surface area contributed by atoms with Crippen molar-refractivity contribution in [1.29, 1.82) is 0 Å². The van der Waals surface area contributed by atoms with Crippen LogP contribution in [0.25, 0.3) is 0 Å². The van der Waals surface area contributed by atoms with Crippen LogP contribution < -0.4 is 5.32 Å². The van der Waals surface area contributed by atoms with E-state index in [2.05, 4.69) is 32.2 Å². The Kier molecular flexibility index (Phi) is 6.73. The van der Waals surface area contributed by atoms with Crippen LogP contribution in [-0.2, 0) is 22.6 Å². The zero-order valence-electron chi connectivity index (χ0n) is 11.2. The minimum absolute atomic E-state index is 0.527. The van der Waals surface area contributed by atoms with Crippen molar-refractivity contribution >= 4 is 11.3 Å². The molecule has 17 heavy (non-hydrogen) atoms. The Labute approximate surface area is 108 Å². The maximum Gasteiger partial charge on any atom is 0.0728 e. The van der Waals surface area contributed by atoms with Crippen molar-refractivity contribution in [3.63, 3.8) is 0 Å². The molecule has 0 bridgehead atoms. The van der Waals surface area contributed by atoms with Crippen LogP contribution in [-0.4, -0.2) is 26.4 Å². The standard InChI is InChI=1S/C13H23NO2S/c1-10(2)14-8-13-7-12(11(3)17-13)9-16-6-5-15-4/h7,10,14H,5-6,8-9H2,1-4H3. The van der Waals surface area contributed by atoms with Crippen LogP contribution >= 0.6 is 11.3 Å². The summed E-state index contributed by atoms with van der Waals surface area (Å²) in [6, 6.07) is 2.76. The Morgan fingerprint density at radius 1 is 1.35 bits per heavy atom. The monoisotopic (exact) mass is 257 g/mol. The lowest BCUT2D eigenvalue weighted by Crippen LogP contribution is -2.21. The van der Waals surface area contributed by atoms with Gasteiger partial charge in [-0.05, 0) is 18.6 Å². The zero-order chi connectivity index (χ0) is 12.7. The second-order valence-electron chi connectivity index (χ2n) is 4.38. The Bertz CT molecular complexity index is 323. The first-order valence-electron chi connectivity index (χ1n) is 6.01. The molecule has 0 fully saturated rings. The van der Waals surface area contributed by atoms with E-state index in [9.17, 15) is 0 Å². The quantitative estimate of drug-likeness (QED) is 0.726. The molecule has 3 nitrogen and oxygen atoms in total.